The Morgan fingerprint density at radius 2 is 2.14 bits per heavy atom. The summed E-state index contributed by atoms with van der Waals surface area (Å²) in [5.74, 6) is 1.44. The summed E-state index contributed by atoms with van der Waals surface area (Å²) in [6.07, 6.45) is 8.29. The summed E-state index contributed by atoms with van der Waals surface area (Å²) < 4.78 is 5.94. The Balaban J connectivity index is 1.93. The van der Waals surface area contributed by atoms with Crippen molar-refractivity contribution in [1.29, 1.82) is 0 Å². The van der Waals surface area contributed by atoms with Gasteiger partial charge in [-0.25, -0.2) is 4.99 Å². The van der Waals surface area contributed by atoms with Gasteiger partial charge in [0.1, 0.15) is 17.7 Å². The minimum absolute atomic E-state index is 0.0121. The number of hydrogen-bond donors (Lipinski definition) is 2. The molecule has 3 rings (SSSR count). The predicted octanol–water partition coefficient (Wildman–Crippen LogP) is 2.35. The largest absolute Gasteiger partial charge is 0.489 e. The van der Waals surface area contributed by atoms with E-state index >= 15 is 0 Å². The molecule has 0 spiro atoms. The lowest BCUT2D eigenvalue weighted by molar-refractivity contribution is 0.0744. The summed E-state index contributed by atoms with van der Waals surface area (Å²) in [5.41, 5.74) is 1.49. The second-order valence-electron chi connectivity index (χ2n) is 8.07. The fraction of sp³-hybridized carbons (Fsp3) is 0.478. The highest BCUT2D eigenvalue weighted by atomic mass is 16.5. The van der Waals surface area contributed by atoms with Gasteiger partial charge < -0.3 is 19.9 Å². The maximum atomic E-state index is 13.5. The average molecular weight is 397 g/mol. The van der Waals surface area contributed by atoms with E-state index < -0.39 is 0 Å². The molecule has 6 heteroatoms. The van der Waals surface area contributed by atoms with Crippen LogP contribution < -0.4 is 15.9 Å². The molecular formula is C23H32N4O2. The number of amides is 1. The number of carbonyl (C=O) groups is 1. The van der Waals surface area contributed by atoms with E-state index in [0.717, 1.165) is 35.9 Å². The number of nitrogens with zero attached hydrogens (tertiary/aromatic N) is 2. The Morgan fingerprint density at radius 3 is 2.72 bits per heavy atom. The second kappa shape index (κ2) is 8.31. The maximum Gasteiger partial charge on any atom is 0.256 e. The van der Waals surface area contributed by atoms with Crippen LogP contribution in [0.25, 0.3) is 12.4 Å². The lowest BCUT2D eigenvalue weighted by Crippen LogP contribution is -2.40. The minimum atomic E-state index is -0.0225. The fourth-order valence-electron chi connectivity index (χ4n) is 3.70. The highest BCUT2D eigenvalue weighted by molar-refractivity contribution is 5.96. The third-order valence-electron chi connectivity index (χ3n) is 5.61. The van der Waals surface area contributed by atoms with Gasteiger partial charge in [0.05, 0.1) is 17.3 Å². The summed E-state index contributed by atoms with van der Waals surface area (Å²) >= 11 is 0. The first kappa shape index (κ1) is 21.0. The normalized spacial score (nSPS) is 22.0. The number of H-pyrrole nitrogens is 1. The van der Waals surface area contributed by atoms with E-state index in [-0.39, 0.29) is 17.6 Å². The zero-order valence-corrected chi connectivity index (χ0v) is 18.0. The van der Waals surface area contributed by atoms with Crippen molar-refractivity contribution in [1.82, 2.24) is 15.2 Å². The van der Waals surface area contributed by atoms with Crippen LogP contribution >= 0.6 is 0 Å². The van der Waals surface area contributed by atoms with Crippen LogP contribution in [0.15, 0.2) is 29.5 Å². The topological polar surface area (TPSA) is 69.7 Å². The van der Waals surface area contributed by atoms with Gasteiger partial charge in [0.25, 0.3) is 5.91 Å². The number of nitrogens with one attached hydrogen (secondary N) is 2. The molecule has 1 aliphatic carbocycles. The van der Waals surface area contributed by atoms with Gasteiger partial charge in [-0.2, -0.15) is 0 Å². The molecule has 29 heavy (non-hydrogen) atoms. The van der Waals surface area contributed by atoms with Gasteiger partial charge in [-0.05, 0) is 52.7 Å². The Morgan fingerprint density at radius 1 is 1.41 bits per heavy atom. The summed E-state index contributed by atoms with van der Waals surface area (Å²) in [6.45, 7) is 17.0. The lowest BCUT2D eigenvalue weighted by Gasteiger charge is -2.18. The predicted molar refractivity (Wildman–Crippen MR) is 118 cm³/mol. The smallest absolute Gasteiger partial charge is 0.256 e. The first-order valence-corrected chi connectivity index (χ1v) is 10.2. The third-order valence-corrected chi connectivity index (χ3v) is 5.61. The molecule has 1 amide bonds. The van der Waals surface area contributed by atoms with Gasteiger partial charge in [-0.3, -0.25) is 4.79 Å². The van der Waals surface area contributed by atoms with Gasteiger partial charge in [0, 0.05) is 35.8 Å². The van der Waals surface area contributed by atoms with Crippen molar-refractivity contribution in [3.05, 3.63) is 46.3 Å². The molecule has 2 fully saturated rings. The number of aryl methyl sites for hydroxylation is 1. The van der Waals surface area contributed by atoms with Gasteiger partial charge in [0.2, 0.25) is 0 Å². The van der Waals surface area contributed by atoms with Crippen molar-refractivity contribution >= 4 is 24.5 Å². The molecule has 1 saturated heterocycles. The van der Waals surface area contributed by atoms with Crippen molar-refractivity contribution in [2.45, 2.75) is 58.6 Å². The number of hydrogen-bond acceptors (Lipinski definition) is 4. The van der Waals surface area contributed by atoms with Crippen molar-refractivity contribution in [3.63, 3.8) is 0 Å². The molecule has 1 atom stereocenters. The van der Waals surface area contributed by atoms with E-state index in [4.69, 9.17) is 4.74 Å². The van der Waals surface area contributed by atoms with E-state index in [2.05, 4.69) is 35.4 Å². The maximum absolute atomic E-state index is 13.5. The standard InChI is InChI=1S/C23H32N4O2/c1-7-17(8-2)29-18-10-13-27(14-18)22(28)20-16(5)25-15(4)19(20)21(24-9-3)26-23(6)11-12-23/h7-9,18,25-26H,1,4,10-14H2,2-3,5-6H3/b17-8+,21-19-,24-9-. The molecular weight excluding hydrogens is 364 g/mol. The van der Waals surface area contributed by atoms with Crippen LogP contribution in [0, 0.1) is 6.92 Å². The molecule has 1 aromatic heterocycles. The number of carbonyl (C=O) groups excluding carboxylic acids is 1. The van der Waals surface area contributed by atoms with E-state index in [9.17, 15) is 4.79 Å². The molecule has 156 valence electrons. The Kier molecular flexibility index (Phi) is 6.01. The van der Waals surface area contributed by atoms with Gasteiger partial charge in [-0.15, -0.1) is 0 Å². The molecule has 0 aromatic carbocycles. The zero-order valence-electron chi connectivity index (χ0n) is 18.0. The molecule has 2 aliphatic rings. The molecule has 1 aliphatic heterocycles. The van der Waals surface area contributed by atoms with E-state index in [1.807, 2.05) is 31.7 Å². The van der Waals surface area contributed by atoms with E-state index in [1.54, 1.807) is 12.3 Å². The van der Waals surface area contributed by atoms with Crippen LogP contribution in [-0.4, -0.2) is 46.7 Å². The van der Waals surface area contributed by atoms with E-state index in [1.165, 1.54) is 0 Å². The number of aromatic nitrogens is 1. The SMILES string of the molecule is C=C/C(=C\C)OC1CCN(C(=O)c2c(C)[nH]c(=C)/c2=C(\N=C/C)NC2(C)CC2)C1. The number of allylic oxidation sites excluding steroid dienone is 2. The molecule has 1 unspecified atom stereocenters. The van der Waals surface area contributed by atoms with Crippen molar-refractivity contribution in [2.75, 3.05) is 13.1 Å². The Bertz CT molecular complexity index is 966. The van der Waals surface area contributed by atoms with Crippen molar-refractivity contribution in [3.8, 4) is 0 Å². The molecule has 6 nitrogen and oxygen atoms in total. The molecule has 2 heterocycles. The summed E-state index contributed by atoms with van der Waals surface area (Å²) in [7, 11) is 0. The zero-order chi connectivity index (χ0) is 21.2. The van der Waals surface area contributed by atoms with Gasteiger partial charge in [0.15, 0.2) is 0 Å². The van der Waals surface area contributed by atoms with Crippen molar-refractivity contribution < 1.29 is 9.53 Å². The summed E-state index contributed by atoms with van der Waals surface area (Å²) in [5, 5.41) is 4.99. The van der Waals surface area contributed by atoms with Crippen LogP contribution in [0.3, 0.4) is 0 Å². The fourth-order valence-corrected chi connectivity index (χ4v) is 3.70. The van der Waals surface area contributed by atoms with Crippen LogP contribution in [0.2, 0.25) is 0 Å². The molecule has 1 saturated carbocycles. The number of aromatic amines is 1. The quantitative estimate of drug-likeness (QED) is 0.422. The highest BCUT2D eigenvalue weighted by Crippen LogP contribution is 2.35. The first-order valence-electron chi connectivity index (χ1n) is 10.2. The number of likely N-dealkylation sites (tertiary alicyclic amines) is 1. The molecule has 2 N–H and O–H groups in total. The first-order chi connectivity index (χ1) is 13.8. The van der Waals surface area contributed by atoms with Gasteiger partial charge >= 0.3 is 0 Å². The average Bonchev–Trinajstić information content (AvgIpc) is 3.11. The third kappa shape index (κ3) is 4.47. The minimum Gasteiger partial charge on any atom is -0.489 e. The van der Waals surface area contributed by atoms with Crippen LogP contribution in [0.4, 0.5) is 0 Å². The monoisotopic (exact) mass is 396 g/mol. The Hall–Kier alpha value is -2.76. The highest BCUT2D eigenvalue weighted by Gasteiger charge is 2.38. The number of ether oxygens (including phenoxy) is 1. The lowest BCUT2D eigenvalue weighted by atomic mass is 10.1. The molecule has 1 aromatic rings. The van der Waals surface area contributed by atoms with Crippen LogP contribution in [0.5, 0.6) is 0 Å². The van der Waals surface area contributed by atoms with Crippen LogP contribution in [-0.2, 0) is 4.74 Å². The summed E-state index contributed by atoms with van der Waals surface area (Å²) in [4.78, 5) is 23.1. The van der Waals surface area contributed by atoms with Gasteiger partial charge in [-0.1, -0.05) is 13.2 Å². The molecule has 0 bridgehead atoms. The second-order valence-corrected chi connectivity index (χ2v) is 8.07. The van der Waals surface area contributed by atoms with Crippen LogP contribution in [0.1, 0.15) is 56.1 Å². The Labute approximate surface area is 172 Å². The number of rotatable bonds is 7. The molecule has 0 radical (unpaired) electrons. The van der Waals surface area contributed by atoms with Crippen molar-refractivity contribution in [2.24, 2.45) is 4.99 Å². The summed E-state index contributed by atoms with van der Waals surface area (Å²) in [6, 6.07) is 0. The number of aliphatic imine (C=N–C) groups is 1. The van der Waals surface area contributed by atoms with E-state index in [0.29, 0.717) is 29.8 Å².